The minimum Gasteiger partial charge on any atom is -0.373 e. The lowest BCUT2D eigenvalue weighted by Crippen LogP contribution is -2.47. The van der Waals surface area contributed by atoms with Crippen LogP contribution in [0.4, 0.5) is 19.0 Å². The molecule has 0 saturated carbocycles. The molecular weight excluding hydrogens is 439 g/mol. The van der Waals surface area contributed by atoms with Crippen LogP contribution in [0, 0.1) is 0 Å². The monoisotopic (exact) mass is 459 g/mol. The molecule has 1 saturated heterocycles. The Hall–Kier alpha value is -3.58. The van der Waals surface area contributed by atoms with Gasteiger partial charge in [-0.15, -0.1) is 0 Å². The number of nitrogens with one attached hydrogen (secondary N) is 2. The molecule has 5 rings (SSSR count). The Labute approximate surface area is 185 Å². The Kier molecular flexibility index (Phi) is 5.42. The number of H-pyrrole nitrogens is 1. The molecule has 1 aliphatic rings. The standard InChI is InChI=1S/C20H20F3N9O/c21-20(22,23)15-10-32-14(7-27-17(32)8-26-15)18-25-4-3-16(30-18)31-5-1-2-12(9-31)29-19(33)13-6-24-11-28-13/h3-4,6-8,10-12,19,29,33H,1-2,5,9H2,(H,24,28)/t12-,19?/m0/s1. The van der Waals surface area contributed by atoms with Gasteiger partial charge < -0.3 is 15.0 Å². The highest BCUT2D eigenvalue weighted by Gasteiger charge is 2.33. The van der Waals surface area contributed by atoms with E-state index in [1.165, 1.54) is 16.9 Å². The Balaban J connectivity index is 1.38. The Bertz CT molecular complexity index is 1240. The lowest BCUT2D eigenvalue weighted by molar-refractivity contribution is -0.141. The first kappa shape index (κ1) is 21.3. The number of aliphatic hydroxyl groups excluding tert-OH is 1. The number of alkyl halides is 3. The van der Waals surface area contributed by atoms with Gasteiger partial charge in [-0.3, -0.25) is 9.72 Å². The fraction of sp³-hybridized carbons (Fsp3) is 0.350. The molecule has 5 heterocycles. The largest absolute Gasteiger partial charge is 0.434 e. The van der Waals surface area contributed by atoms with E-state index in [1.54, 1.807) is 18.5 Å². The van der Waals surface area contributed by atoms with E-state index < -0.39 is 18.1 Å². The molecule has 0 amide bonds. The minimum absolute atomic E-state index is 0.00619. The maximum atomic E-state index is 13.1. The second-order valence-corrected chi connectivity index (χ2v) is 7.74. The molecule has 33 heavy (non-hydrogen) atoms. The number of fused-ring (bicyclic) bond motifs is 1. The second kappa shape index (κ2) is 8.41. The predicted octanol–water partition coefficient (Wildman–Crippen LogP) is 2.18. The zero-order chi connectivity index (χ0) is 23.0. The van der Waals surface area contributed by atoms with E-state index in [4.69, 9.17) is 0 Å². The molecule has 1 unspecified atom stereocenters. The summed E-state index contributed by atoms with van der Waals surface area (Å²) in [6.07, 6.45) is 4.34. The highest BCUT2D eigenvalue weighted by molar-refractivity contribution is 5.58. The Morgan fingerprint density at radius 3 is 2.85 bits per heavy atom. The third-order valence-corrected chi connectivity index (χ3v) is 5.51. The molecule has 0 bridgehead atoms. The number of anilines is 1. The normalized spacial score (nSPS) is 18.1. The van der Waals surface area contributed by atoms with E-state index in [2.05, 4.69) is 40.1 Å². The highest BCUT2D eigenvalue weighted by atomic mass is 19.4. The van der Waals surface area contributed by atoms with Crippen molar-refractivity contribution in [1.82, 2.24) is 39.6 Å². The summed E-state index contributed by atoms with van der Waals surface area (Å²) < 4.78 is 40.6. The molecule has 1 aliphatic heterocycles. The summed E-state index contributed by atoms with van der Waals surface area (Å²) in [4.78, 5) is 25.3. The van der Waals surface area contributed by atoms with Gasteiger partial charge in [0.1, 0.15) is 17.7 Å². The van der Waals surface area contributed by atoms with Crippen LogP contribution < -0.4 is 10.2 Å². The van der Waals surface area contributed by atoms with Crippen LogP contribution in [0.25, 0.3) is 17.2 Å². The highest BCUT2D eigenvalue weighted by Crippen LogP contribution is 2.29. The van der Waals surface area contributed by atoms with E-state index in [9.17, 15) is 18.3 Å². The number of rotatable bonds is 5. The van der Waals surface area contributed by atoms with Crippen molar-refractivity contribution in [3.8, 4) is 11.5 Å². The van der Waals surface area contributed by atoms with E-state index in [0.717, 1.165) is 31.8 Å². The van der Waals surface area contributed by atoms with Crippen LogP contribution in [0.3, 0.4) is 0 Å². The maximum Gasteiger partial charge on any atom is 0.434 e. The van der Waals surface area contributed by atoms with Crippen LogP contribution in [-0.4, -0.2) is 58.5 Å². The molecule has 0 aromatic carbocycles. The first-order valence-corrected chi connectivity index (χ1v) is 10.3. The number of aromatic nitrogens is 7. The van der Waals surface area contributed by atoms with E-state index in [1.807, 2.05) is 0 Å². The molecule has 3 N–H and O–H groups in total. The van der Waals surface area contributed by atoms with Gasteiger partial charge in [-0.1, -0.05) is 0 Å². The molecule has 10 nitrogen and oxygen atoms in total. The summed E-state index contributed by atoms with van der Waals surface area (Å²) in [7, 11) is 0. The van der Waals surface area contributed by atoms with E-state index >= 15 is 0 Å². The van der Waals surface area contributed by atoms with Gasteiger partial charge >= 0.3 is 6.18 Å². The van der Waals surface area contributed by atoms with Crippen molar-refractivity contribution in [3.63, 3.8) is 0 Å². The van der Waals surface area contributed by atoms with Gasteiger partial charge in [-0.05, 0) is 18.9 Å². The molecule has 0 aliphatic carbocycles. The van der Waals surface area contributed by atoms with Gasteiger partial charge in [-0.2, -0.15) is 13.2 Å². The van der Waals surface area contributed by atoms with Crippen LogP contribution in [-0.2, 0) is 6.18 Å². The van der Waals surface area contributed by atoms with E-state index in [0.29, 0.717) is 23.8 Å². The number of halogens is 3. The minimum atomic E-state index is -4.57. The van der Waals surface area contributed by atoms with Crippen molar-refractivity contribution in [3.05, 3.63) is 54.8 Å². The zero-order valence-corrected chi connectivity index (χ0v) is 17.2. The van der Waals surface area contributed by atoms with Crippen LogP contribution in [0.2, 0.25) is 0 Å². The number of hydrogen-bond donors (Lipinski definition) is 3. The van der Waals surface area contributed by atoms with Gasteiger partial charge in [0.2, 0.25) is 0 Å². The quantitative estimate of drug-likeness (QED) is 0.389. The Morgan fingerprint density at radius 1 is 1.18 bits per heavy atom. The summed E-state index contributed by atoms with van der Waals surface area (Å²) in [5.74, 6) is 0.898. The fourth-order valence-electron chi connectivity index (χ4n) is 3.90. The van der Waals surface area contributed by atoms with Crippen LogP contribution in [0.1, 0.15) is 30.5 Å². The predicted molar refractivity (Wildman–Crippen MR) is 111 cm³/mol. The number of piperidine rings is 1. The molecule has 0 spiro atoms. The molecule has 1 fully saturated rings. The number of hydrogen-bond acceptors (Lipinski definition) is 8. The smallest absolute Gasteiger partial charge is 0.373 e. The summed E-state index contributed by atoms with van der Waals surface area (Å²) >= 11 is 0. The zero-order valence-electron chi connectivity index (χ0n) is 17.2. The third kappa shape index (κ3) is 4.36. The first-order chi connectivity index (χ1) is 15.9. The van der Waals surface area contributed by atoms with Crippen molar-refractivity contribution in [2.75, 3.05) is 18.0 Å². The van der Waals surface area contributed by atoms with Gasteiger partial charge in [-0.25, -0.2) is 24.9 Å². The van der Waals surface area contributed by atoms with Gasteiger partial charge in [0.25, 0.3) is 0 Å². The number of aliphatic hydroxyl groups is 1. The summed E-state index contributed by atoms with van der Waals surface area (Å²) in [6, 6.07) is 1.76. The Morgan fingerprint density at radius 2 is 2.06 bits per heavy atom. The molecular formula is C20H20F3N9O. The van der Waals surface area contributed by atoms with E-state index in [-0.39, 0.29) is 17.5 Å². The fourth-order valence-corrected chi connectivity index (χ4v) is 3.90. The van der Waals surface area contributed by atoms with Crippen LogP contribution in [0.5, 0.6) is 0 Å². The van der Waals surface area contributed by atoms with Gasteiger partial charge in [0, 0.05) is 31.5 Å². The third-order valence-electron chi connectivity index (χ3n) is 5.51. The molecule has 4 aromatic rings. The molecule has 13 heteroatoms. The summed E-state index contributed by atoms with van der Waals surface area (Å²) in [5, 5.41) is 13.5. The lowest BCUT2D eigenvalue weighted by Gasteiger charge is -2.35. The molecule has 0 radical (unpaired) electrons. The van der Waals surface area contributed by atoms with Crippen molar-refractivity contribution < 1.29 is 18.3 Å². The van der Waals surface area contributed by atoms with Gasteiger partial charge in [0.05, 0.1) is 30.6 Å². The second-order valence-electron chi connectivity index (χ2n) is 7.74. The first-order valence-electron chi connectivity index (χ1n) is 10.3. The van der Waals surface area contributed by atoms with Crippen molar-refractivity contribution in [2.45, 2.75) is 31.3 Å². The van der Waals surface area contributed by atoms with Crippen molar-refractivity contribution >= 4 is 11.5 Å². The summed E-state index contributed by atoms with van der Waals surface area (Å²) in [6.45, 7) is 1.35. The van der Waals surface area contributed by atoms with Crippen LogP contribution >= 0.6 is 0 Å². The molecule has 2 atom stereocenters. The molecule has 172 valence electrons. The van der Waals surface area contributed by atoms with Gasteiger partial charge in [0.15, 0.2) is 17.2 Å². The number of aromatic amines is 1. The maximum absolute atomic E-state index is 13.1. The number of nitrogens with zero attached hydrogens (tertiary/aromatic N) is 7. The average Bonchev–Trinajstić information content (AvgIpc) is 3.49. The lowest BCUT2D eigenvalue weighted by atomic mass is 10.1. The van der Waals surface area contributed by atoms with Crippen LogP contribution in [0.15, 0.2) is 43.4 Å². The average molecular weight is 459 g/mol. The topological polar surface area (TPSA) is 120 Å². The number of imidazole rings is 2. The summed E-state index contributed by atoms with van der Waals surface area (Å²) in [5.41, 5.74) is 0.158. The molecule has 4 aromatic heterocycles. The SMILES string of the molecule is OC(N[C@H]1CCCN(c2ccnc(-c3cnc4cnc(C(F)(F)F)cn34)n2)C1)c1cnc[nH]1. The van der Waals surface area contributed by atoms with Crippen molar-refractivity contribution in [2.24, 2.45) is 0 Å². The van der Waals surface area contributed by atoms with Crippen molar-refractivity contribution in [1.29, 1.82) is 0 Å².